The van der Waals surface area contributed by atoms with E-state index in [0.29, 0.717) is 25.1 Å². The first-order valence-corrected chi connectivity index (χ1v) is 7.76. The van der Waals surface area contributed by atoms with Gasteiger partial charge in [0.2, 0.25) is 5.78 Å². The molecule has 0 N–H and O–H groups in total. The molecular weight excluding hydrogens is 286 g/mol. The number of hydrogen-bond donors (Lipinski definition) is 0. The SMILES string of the molecule is CCOC(=O)CCc1ccc(C(=O)c2ccc(C)s2)n1C. The summed E-state index contributed by atoms with van der Waals surface area (Å²) in [6, 6.07) is 7.51. The molecule has 0 fully saturated rings. The molecule has 2 heterocycles. The molecule has 2 rings (SSSR count). The van der Waals surface area contributed by atoms with E-state index in [-0.39, 0.29) is 11.8 Å². The Hall–Kier alpha value is -1.88. The first-order chi connectivity index (χ1) is 10.0. The zero-order valence-corrected chi connectivity index (χ0v) is 13.3. The van der Waals surface area contributed by atoms with Gasteiger partial charge in [-0.15, -0.1) is 11.3 Å². The van der Waals surface area contributed by atoms with Gasteiger partial charge >= 0.3 is 5.97 Å². The molecule has 21 heavy (non-hydrogen) atoms. The molecule has 0 radical (unpaired) electrons. The third-order valence-corrected chi connectivity index (χ3v) is 4.31. The van der Waals surface area contributed by atoms with Gasteiger partial charge in [0.05, 0.1) is 23.6 Å². The summed E-state index contributed by atoms with van der Waals surface area (Å²) in [6.45, 7) is 4.17. The van der Waals surface area contributed by atoms with Crippen molar-refractivity contribution in [3.05, 3.63) is 45.4 Å². The van der Waals surface area contributed by atoms with Crippen LogP contribution in [0.2, 0.25) is 0 Å². The highest BCUT2D eigenvalue weighted by molar-refractivity contribution is 7.14. The van der Waals surface area contributed by atoms with Gasteiger partial charge in [-0.2, -0.15) is 0 Å². The molecule has 2 aromatic rings. The zero-order valence-electron chi connectivity index (χ0n) is 12.5. The molecule has 0 amide bonds. The smallest absolute Gasteiger partial charge is 0.306 e. The number of carbonyl (C=O) groups excluding carboxylic acids is 2. The fraction of sp³-hybridized carbons (Fsp3) is 0.375. The number of carbonyl (C=O) groups is 2. The van der Waals surface area contributed by atoms with Crippen molar-refractivity contribution in [1.82, 2.24) is 4.57 Å². The molecule has 2 aromatic heterocycles. The standard InChI is InChI=1S/C16H19NO3S/c1-4-20-15(18)10-7-12-6-8-13(17(12)3)16(19)14-9-5-11(2)21-14/h5-6,8-9H,4,7,10H2,1-3H3. The lowest BCUT2D eigenvalue weighted by Gasteiger charge is -2.06. The minimum Gasteiger partial charge on any atom is -0.466 e. The summed E-state index contributed by atoms with van der Waals surface area (Å²) >= 11 is 1.50. The number of nitrogens with zero attached hydrogens (tertiary/aromatic N) is 1. The molecule has 0 atom stereocenters. The van der Waals surface area contributed by atoms with Gasteiger partial charge in [0.25, 0.3) is 0 Å². The van der Waals surface area contributed by atoms with E-state index < -0.39 is 0 Å². The lowest BCUT2D eigenvalue weighted by Crippen LogP contribution is -2.10. The number of aryl methyl sites for hydroxylation is 2. The first-order valence-electron chi connectivity index (χ1n) is 6.94. The van der Waals surface area contributed by atoms with Crippen molar-refractivity contribution in [2.75, 3.05) is 6.61 Å². The Balaban J connectivity index is 2.10. The van der Waals surface area contributed by atoms with Crippen molar-refractivity contribution in [2.24, 2.45) is 7.05 Å². The molecule has 0 saturated heterocycles. The van der Waals surface area contributed by atoms with Crippen LogP contribution in [0.3, 0.4) is 0 Å². The molecule has 0 bridgehead atoms. The predicted molar refractivity (Wildman–Crippen MR) is 82.9 cm³/mol. The third-order valence-electron chi connectivity index (χ3n) is 3.31. The summed E-state index contributed by atoms with van der Waals surface area (Å²) < 4.78 is 6.77. The van der Waals surface area contributed by atoms with E-state index in [1.807, 2.05) is 42.8 Å². The average molecular weight is 305 g/mol. The van der Waals surface area contributed by atoms with Crippen LogP contribution in [-0.4, -0.2) is 22.9 Å². The minimum atomic E-state index is -0.208. The fourth-order valence-corrected chi connectivity index (χ4v) is 2.99. The summed E-state index contributed by atoms with van der Waals surface area (Å²) in [4.78, 5) is 25.7. The number of esters is 1. The molecule has 4 nitrogen and oxygen atoms in total. The maximum Gasteiger partial charge on any atom is 0.306 e. The fourth-order valence-electron chi connectivity index (χ4n) is 2.18. The summed E-state index contributed by atoms with van der Waals surface area (Å²) in [5.41, 5.74) is 1.61. The first kappa shape index (κ1) is 15.5. The maximum absolute atomic E-state index is 12.4. The molecular formula is C16H19NO3S. The Labute approximate surface area is 128 Å². The molecule has 0 aliphatic carbocycles. The van der Waals surface area contributed by atoms with E-state index >= 15 is 0 Å². The van der Waals surface area contributed by atoms with Crippen LogP contribution < -0.4 is 0 Å². The van der Waals surface area contributed by atoms with Crippen LogP contribution in [0.5, 0.6) is 0 Å². The van der Waals surface area contributed by atoms with E-state index in [0.717, 1.165) is 15.4 Å². The molecule has 5 heteroatoms. The maximum atomic E-state index is 12.4. The topological polar surface area (TPSA) is 48.3 Å². The highest BCUT2D eigenvalue weighted by Crippen LogP contribution is 2.20. The van der Waals surface area contributed by atoms with Crippen LogP contribution in [0.4, 0.5) is 0 Å². The summed E-state index contributed by atoms with van der Waals surface area (Å²) in [7, 11) is 1.86. The van der Waals surface area contributed by atoms with Gasteiger partial charge in [-0.1, -0.05) is 0 Å². The van der Waals surface area contributed by atoms with E-state index in [2.05, 4.69) is 0 Å². The van der Waals surface area contributed by atoms with Crippen LogP contribution in [0.15, 0.2) is 24.3 Å². The highest BCUT2D eigenvalue weighted by Gasteiger charge is 2.16. The quantitative estimate of drug-likeness (QED) is 0.608. The van der Waals surface area contributed by atoms with Crippen LogP contribution in [0.25, 0.3) is 0 Å². The second-order valence-corrected chi connectivity index (χ2v) is 6.10. The number of hydrogen-bond acceptors (Lipinski definition) is 4. The zero-order chi connectivity index (χ0) is 15.4. The van der Waals surface area contributed by atoms with Crippen LogP contribution in [-0.2, 0) is 23.0 Å². The number of ketones is 1. The van der Waals surface area contributed by atoms with Crippen molar-refractivity contribution >= 4 is 23.1 Å². The second kappa shape index (κ2) is 6.72. The van der Waals surface area contributed by atoms with Crippen molar-refractivity contribution < 1.29 is 14.3 Å². The summed E-state index contributed by atoms with van der Waals surface area (Å²) in [6.07, 6.45) is 0.906. The molecule has 0 aromatic carbocycles. The molecule has 0 spiro atoms. The van der Waals surface area contributed by atoms with Crippen LogP contribution in [0.1, 0.15) is 39.3 Å². The van der Waals surface area contributed by atoms with Gasteiger partial charge in [-0.25, -0.2) is 0 Å². The minimum absolute atomic E-state index is 0.0259. The number of aromatic nitrogens is 1. The molecule has 0 saturated carbocycles. The summed E-state index contributed by atoms with van der Waals surface area (Å²) in [5.74, 6) is -0.182. The normalized spacial score (nSPS) is 10.6. The number of thiophene rings is 1. The Morgan fingerprint density at radius 2 is 2.00 bits per heavy atom. The Kier molecular flexibility index (Phi) is 4.96. The van der Waals surface area contributed by atoms with Crippen molar-refractivity contribution in [2.45, 2.75) is 26.7 Å². The number of ether oxygens (including phenoxy) is 1. The van der Waals surface area contributed by atoms with Gasteiger partial charge in [0, 0.05) is 17.6 Å². The third kappa shape index (κ3) is 3.61. The van der Waals surface area contributed by atoms with Gasteiger partial charge in [0.1, 0.15) is 0 Å². The Morgan fingerprint density at radius 1 is 1.24 bits per heavy atom. The van der Waals surface area contributed by atoms with Crippen molar-refractivity contribution in [3.63, 3.8) is 0 Å². The van der Waals surface area contributed by atoms with Gasteiger partial charge in [-0.3, -0.25) is 9.59 Å². The molecule has 0 unspecified atom stereocenters. The second-order valence-electron chi connectivity index (χ2n) is 4.81. The largest absolute Gasteiger partial charge is 0.466 e. The Bertz CT molecular complexity index is 654. The lowest BCUT2D eigenvalue weighted by molar-refractivity contribution is -0.143. The molecule has 0 aliphatic rings. The molecule has 112 valence electrons. The molecule has 0 aliphatic heterocycles. The van der Waals surface area contributed by atoms with Gasteiger partial charge < -0.3 is 9.30 Å². The van der Waals surface area contributed by atoms with Crippen molar-refractivity contribution in [3.8, 4) is 0 Å². The van der Waals surface area contributed by atoms with Crippen LogP contribution >= 0.6 is 11.3 Å². The van der Waals surface area contributed by atoms with Crippen LogP contribution in [0, 0.1) is 6.92 Å². The highest BCUT2D eigenvalue weighted by atomic mass is 32.1. The predicted octanol–water partition coefficient (Wildman–Crippen LogP) is 3.12. The van der Waals surface area contributed by atoms with Gasteiger partial charge in [0.15, 0.2) is 0 Å². The monoisotopic (exact) mass is 305 g/mol. The number of rotatable bonds is 6. The van der Waals surface area contributed by atoms with E-state index in [1.165, 1.54) is 11.3 Å². The van der Waals surface area contributed by atoms with E-state index in [4.69, 9.17) is 4.74 Å². The van der Waals surface area contributed by atoms with E-state index in [1.54, 1.807) is 6.92 Å². The average Bonchev–Trinajstić information content (AvgIpc) is 3.03. The van der Waals surface area contributed by atoms with E-state index in [9.17, 15) is 9.59 Å². The lowest BCUT2D eigenvalue weighted by atomic mass is 10.2. The Morgan fingerprint density at radius 3 is 2.62 bits per heavy atom. The van der Waals surface area contributed by atoms with Crippen molar-refractivity contribution in [1.29, 1.82) is 0 Å². The van der Waals surface area contributed by atoms with Gasteiger partial charge in [-0.05, 0) is 44.5 Å². The summed E-state index contributed by atoms with van der Waals surface area (Å²) in [5, 5.41) is 0.